The van der Waals surface area contributed by atoms with E-state index in [1.165, 1.54) is 4.90 Å². The number of carbonyl (C=O) groups excluding carboxylic acids is 2. The Morgan fingerprint density at radius 1 is 1.27 bits per heavy atom. The van der Waals surface area contributed by atoms with Gasteiger partial charge in [0.25, 0.3) is 0 Å². The van der Waals surface area contributed by atoms with Gasteiger partial charge in [0.15, 0.2) is 0 Å². The van der Waals surface area contributed by atoms with Crippen molar-refractivity contribution in [2.75, 3.05) is 12.3 Å². The lowest BCUT2D eigenvalue weighted by Crippen LogP contribution is -2.46. The first-order valence-electron chi connectivity index (χ1n) is 7.33. The van der Waals surface area contributed by atoms with Gasteiger partial charge < -0.3 is 16.4 Å². The molecule has 0 radical (unpaired) electrons. The van der Waals surface area contributed by atoms with Crippen LogP contribution in [0.3, 0.4) is 0 Å². The molecular weight excluding hydrogens is 298 g/mol. The molecule has 6 heteroatoms. The number of rotatable bonds is 7. The summed E-state index contributed by atoms with van der Waals surface area (Å²) in [5, 5.41) is 5.53. The number of amides is 3. The van der Waals surface area contributed by atoms with E-state index >= 15 is 0 Å². The van der Waals surface area contributed by atoms with Gasteiger partial charge in [0.05, 0.1) is 11.5 Å². The van der Waals surface area contributed by atoms with Gasteiger partial charge in [-0.15, -0.1) is 11.8 Å². The standard InChI is InChI=1S/C16H25N3O2S/c1-5-22-13-8-6-12(7-9-13)11(2)19-15(21)18-10-16(3,4)14(17)20/h6-9,11H,5,10H2,1-4H3,(H2,17,20)(H2,18,19,21). The van der Waals surface area contributed by atoms with Crippen LogP contribution in [0, 0.1) is 5.41 Å². The summed E-state index contributed by atoms with van der Waals surface area (Å²) in [6.07, 6.45) is 0. The molecule has 0 aliphatic heterocycles. The van der Waals surface area contributed by atoms with Crippen LogP contribution in [0.2, 0.25) is 0 Å². The van der Waals surface area contributed by atoms with Crippen LogP contribution >= 0.6 is 11.8 Å². The summed E-state index contributed by atoms with van der Waals surface area (Å²) in [4.78, 5) is 24.3. The van der Waals surface area contributed by atoms with E-state index in [1.807, 2.05) is 19.1 Å². The smallest absolute Gasteiger partial charge is 0.315 e. The van der Waals surface area contributed by atoms with E-state index in [0.717, 1.165) is 11.3 Å². The van der Waals surface area contributed by atoms with Crippen LogP contribution in [-0.4, -0.2) is 24.2 Å². The Bertz CT molecular complexity index is 515. The van der Waals surface area contributed by atoms with Crippen molar-refractivity contribution in [2.45, 2.75) is 38.6 Å². The van der Waals surface area contributed by atoms with E-state index in [2.05, 4.69) is 29.7 Å². The van der Waals surface area contributed by atoms with Crippen molar-refractivity contribution < 1.29 is 9.59 Å². The van der Waals surface area contributed by atoms with Crippen LogP contribution in [0.25, 0.3) is 0 Å². The molecule has 22 heavy (non-hydrogen) atoms. The lowest BCUT2D eigenvalue weighted by molar-refractivity contribution is -0.125. The first-order chi connectivity index (χ1) is 10.3. The zero-order valence-corrected chi connectivity index (χ0v) is 14.4. The maximum absolute atomic E-state index is 11.9. The van der Waals surface area contributed by atoms with E-state index in [1.54, 1.807) is 25.6 Å². The Morgan fingerprint density at radius 3 is 2.36 bits per heavy atom. The molecule has 4 N–H and O–H groups in total. The van der Waals surface area contributed by atoms with Crippen LogP contribution in [0.1, 0.15) is 39.3 Å². The molecule has 0 aliphatic rings. The predicted molar refractivity (Wildman–Crippen MR) is 90.8 cm³/mol. The maximum atomic E-state index is 11.9. The third-order valence-electron chi connectivity index (χ3n) is 3.40. The van der Waals surface area contributed by atoms with Gasteiger partial charge in [-0.05, 0) is 44.2 Å². The maximum Gasteiger partial charge on any atom is 0.315 e. The number of hydrogen-bond donors (Lipinski definition) is 3. The van der Waals surface area contributed by atoms with Crippen LogP contribution in [0.15, 0.2) is 29.2 Å². The Labute approximate surface area is 136 Å². The second kappa shape index (κ2) is 8.08. The Morgan fingerprint density at radius 2 is 1.86 bits per heavy atom. The van der Waals surface area contributed by atoms with Gasteiger partial charge in [0.1, 0.15) is 0 Å². The zero-order valence-electron chi connectivity index (χ0n) is 13.6. The van der Waals surface area contributed by atoms with Gasteiger partial charge in [0.2, 0.25) is 5.91 Å². The molecule has 0 aliphatic carbocycles. The van der Waals surface area contributed by atoms with Gasteiger partial charge in [-0.2, -0.15) is 0 Å². The third-order valence-corrected chi connectivity index (χ3v) is 4.29. The molecule has 0 fully saturated rings. The van der Waals surface area contributed by atoms with Gasteiger partial charge in [-0.3, -0.25) is 4.79 Å². The molecule has 3 amide bonds. The molecular formula is C16H25N3O2S. The van der Waals surface area contributed by atoms with Gasteiger partial charge in [-0.1, -0.05) is 19.1 Å². The number of benzene rings is 1. The van der Waals surface area contributed by atoms with Crippen LogP contribution in [0.4, 0.5) is 4.79 Å². The van der Waals surface area contributed by atoms with Gasteiger partial charge >= 0.3 is 6.03 Å². The number of urea groups is 1. The van der Waals surface area contributed by atoms with Gasteiger partial charge in [0, 0.05) is 11.4 Å². The lowest BCUT2D eigenvalue weighted by atomic mass is 9.93. The van der Waals surface area contributed by atoms with Crippen molar-refractivity contribution in [3.8, 4) is 0 Å². The molecule has 0 heterocycles. The first-order valence-corrected chi connectivity index (χ1v) is 8.32. The molecule has 0 aromatic heterocycles. The fraction of sp³-hybridized carbons (Fsp3) is 0.500. The number of nitrogens with two attached hydrogens (primary N) is 1. The van der Waals surface area contributed by atoms with Crippen molar-refractivity contribution in [1.29, 1.82) is 0 Å². The highest BCUT2D eigenvalue weighted by Gasteiger charge is 2.25. The number of hydrogen-bond acceptors (Lipinski definition) is 3. The lowest BCUT2D eigenvalue weighted by Gasteiger charge is -2.22. The van der Waals surface area contributed by atoms with Gasteiger partial charge in [-0.25, -0.2) is 4.79 Å². The highest BCUT2D eigenvalue weighted by atomic mass is 32.2. The average Bonchev–Trinajstić information content (AvgIpc) is 2.46. The van der Waals surface area contributed by atoms with E-state index in [0.29, 0.717) is 0 Å². The summed E-state index contributed by atoms with van der Waals surface area (Å²) in [6, 6.07) is 7.70. The normalized spacial score (nSPS) is 12.5. The quantitative estimate of drug-likeness (QED) is 0.675. The fourth-order valence-corrected chi connectivity index (χ4v) is 2.40. The van der Waals surface area contributed by atoms with Crippen LogP contribution < -0.4 is 16.4 Å². The molecule has 1 aromatic rings. The molecule has 5 nitrogen and oxygen atoms in total. The molecule has 0 spiro atoms. The molecule has 0 saturated carbocycles. The monoisotopic (exact) mass is 323 g/mol. The van der Waals surface area contributed by atoms with Crippen LogP contribution in [-0.2, 0) is 4.79 Å². The first kappa shape index (κ1) is 18.4. The molecule has 1 rings (SSSR count). The largest absolute Gasteiger partial charge is 0.369 e. The second-order valence-corrected chi connectivity index (χ2v) is 7.14. The van der Waals surface area contributed by atoms with Crippen LogP contribution in [0.5, 0.6) is 0 Å². The third kappa shape index (κ3) is 5.60. The SMILES string of the molecule is CCSc1ccc(C(C)NC(=O)NCC(C)(C)C(N)=O)cc1. The average molecular weight is 323 g/mol. The van der Waals surface area contributed by atoms with Crippen molar-refractivity contribution in [3.05, 3.63) is 29.8 Å². The molecule has 122 valence electrons. The fourth-order valence-electron chi connectivity index (χ4n) is 1.74. The summed E-state index contributed by atoms with van der Waals surface area (Å²) in [5.74, 6) is 0.593. The van der Waals surface area contributed by atoms with E-state index in [-0.39, 0.29) is 18.6 Å². The van der Waals surface area contributed by atoms with E-state index in [9.17, 15) is 9.59 Å². The minimum Gasteiger partial charge on any atom is -0.369 e. The Hall–Kier alpha value is -1.69. The number of primary amides is 1. The van der Waals surface area contributed by atoms with E-state index in [4.69, 9.17) is 5.73 Å². The van der Waals surface area contributed by atoms with Crippen molar-refractivity contribution in [1.82, 2.24) is 10.6 Å². The Kier molecular flexibility index (Phi) is 6.74. The highest BCUT2D eigenvalue weighted by Crippen LogP contribution is 2.20. The number of carbonyl (C=O) groups is 2. The number of nitrogens with one attached hydrogen (secondary N) is 2. The van der Waals surface area contributed by atoms with Crippen molar-refractivity contribution in [2.24, 2.45) is 11.1 Å². The minimum atomic E-state index is -0.764. The summed E-state index contributed by atoms with van der Waals surface area (Å²) < 4.78 is 0. The zero-order chi connectivity index (χ0) is 16.8. The minimum absolute atomic E-state index is 0.114. The number of thioether (sulfide) groups is 1. The molecule has 0 saturated heterocycles. The summed E-state index contributed by atoms with van der Waals surface area (Å²) >= 11 is 1.78. The molecule has 1 unspecified atom stereocenters. The molecule has 1 aromatic carbocycles. The van der Waals surface area contributed by atoms with E-state index < -0.39 is 11.3 Å². The topological polar surface area (TPSA) is 84.2 Å². The summed E-state index contributed by atoms with van der Waals surface area (Å²) in [5.41, 5.74) is 5.54. The van der Waals surface area contributed by atoms with Crippen molar-refractivity contribution in [3.63, 3.8) is 0 Å². The summed E-state index contributed by atoms with van der Waals surface area (Å²) in [7, 11) is 0. The summed E-state index contributed by atoms with van der Waals surface area (Å²) in [6.45, 7) is 7.63. The Balaban J connectivity index is 2.51. The molecule has 0 bridgehead atoms. The second-order valence-electron chi connectivity index (χ2n) is 5.80. The highest BCUT2D eigenvalue weighted by molar-refractivity contribution is 7.99. The molecule has 1 atom stereocenters. The predicted octanol–water partition coefficient (Wildman–Crippen LogP) is 2.67. The van der Waals surface area contributed by atoms with Crippen molar-refractivity contribution >= 4 is 23.7 Å².